The van der Waals surface area contributed by atoms with Crippen molar-refractivity contribution in [3.05, 3.63) is 17.7 Å². The highest BCUT2D eigenvalue weighted by atomic mass is 127. The molecule has 0 radical (unpaired) electrons. The lowest BCUT2D eigenvalue weighted by atomic mass is 10.1. The second-order valence-electron chi connectivity index (χ2n) is 4.96. The van der Waals surface area contributed by atoms with E-state index in [-0.39, 0.29) is 24.0 Å². The Morgan fingerprint density at radius 1 is 1.00 bits per heavy atom. The van der Waals surface area contributed by atoms with Gasteiger partial charge >= 0.3 is 0 Å². The Balaban J connectivity index is 0.00000576. The van der Waals surface area contributed by atoms with Gasteiger partial charge in [-0.25, -0.2) is 4.99 Å². The van der Waals surface area contributed by atoms with Crippen molar-refractivity contribution in [2.24, 2.45) is 4.99 Å². The van der Waals surface area contributed by atoms with E-state index in [9.17, 15) is 0 Å². The molecule has 1 rings (SSSR count). The molecule has 2 N–H and O–H groups in total. The van der Waals surface area contributed by atoms with Crippen LogP contribution in [0.5, 0.6) is 17.2 Å². The molecule has 7 nitrogen and oxygen atoms in total. The molecular formula is C17H30IN3O4. The van der Waals surface area contributed by atoms with Crippen LogP contribution in [0.3, 0.4) is 0 Å². The van der Waals surface area contributed by atoms with Gasteiger partial charge in [0, 0.05) is 32.4 Å². The third-order valence-electron chi connectivity index (χ3n) is 3.36. The third-order valence-corrected chi connectivity index (χ3v) is 3.36. The summed E-state index contributed by atoms with van der Waals surface area (Å²) in [5.41, 5.74) is 0.921. The van der Waals surface area contributed by atoms with Crippen LogP contribution in [0.25, 0.3) is 0 Å². The Kier molecular flexibility index (Phi) is 13.0. The average molecular weight is 467 g/mol. The maximum Gasteiger partial charge on any atom is 0.203 e. The highest BCUT2D eigenvalue weighted by Gasteiger charge is 2.15. The van der Waals surface area contributed by atoms with E-state index in [2.05, 4.69) is 15.6 Å². The van der Waals surface area contributed by atoms with E-state index in [0.29, 0.717) is 23.8 Å². The molecule has 0 aliphatic carbocycles. The predicted octanol–water partition coefficient (Wildman–Crippen LogP) is 2.42. The zero-order valence-electron chi connectivity index (χ0n) is 15.7. The fraction of sp³-hybridized carbons (Fsp3) is 0.588. The van der Waals surface area contributed by atoms with E-state index in [0.717, 1.165) is 37.6 Å². The smallest absolute Gasteiger partial charge is 0.203 e. The van der Waals surface area contributed by atoms with E-state index in [4.69, 9.17) is 18.9 Å². The van der Waals surface area contributed by atoms with E-state index in [1.165, 1.54) is 0 Å². The van der Waals surface area contributed by atoms with Crippen LogP contribution in [0.1, 0.15) is 18.9 Å². The number of ether oxygens (including phenoxy) is 4. The van der Waals surface area contributed by atoms with Crippen LogP contribution < -0.4 is 24.8 Å². The van der Waals surface area contributed by atoms with Crippen LogP contribution in [0.4, 0.5) is 0 Å². The Hall–Kier alpha value is -1.42. The van der Waals surface area contributed by atoms with Gasteiger partial charge in [-0.2, -0.15) is 0 Å². The van der Waals surface area contributed by atoms with E-state index in [1.807, 2.05) is 19.1 Å². The monoisotopic (exact) mass is 467 g/mol. The summed E-state index contributed by atoms with van der Waals surface area (Å²) >= 11 is 0. The fourth-order valence-electron chi connectivity index (χ4n) is 2.22. The van der Waals surface area contributed by atoms with Gasteiger partial charge in [0.05, 0.1) is 27.9 Å². The molecule has 8 heteroatoms. The van der Waals surface area contributed by atoms with Crippen molar-refractivity contribution in [2.75, 3.05) is 48.1 Å². The van der Waals surface area contributed by atoms with Crippen molar-refractivity contribution in [3.63, 3.8) is 0 Å². The number of hydrogen-bond acceptors (Lipinski definition) is 5. The minimum atomic E-state index is 0. The van der Waals surface area contributed by atoms with Crippen molar-refractivity contribution >= 4 is 29.9 Å². The zero-order valence-corrected chi connectivity index (χ0v) is 18.0. The molecule has 0 atom stereocenters. The van der Waals surface area contributed by atoms with Crippen LogP contribution in [0, 0.1) is 0 Å². The largest absolute Gasteiger partial charge is 0.493 e. The number of nitrogens with zero attached hydrogens (tertiary/aromatic N) is 1. The summed E-state index contributed by atoms with van der Waals surface area (Å²) in [5.74, 6) is 2.60. The summed E-state index contributed by atoms with van der Waals surface area (Å²) in [6.45, 7) is 4.80. The lowest BCUT2D eigenvalue weighted by molar-refractivity contribution is 0.195. The Labute approximate surface area is 167 Å². The average Bonchev–Trinajstić information content (AvgIpc) is 2.61. The minimum absolute atomic E-state index is 0. The van der Waals surface area contributed by atoms with Crippen molar-refractivity contribution in [1.29, 1.82) is 0 Å². The molecule has 1 aromatic rings. The van der Waals surface area contributed by atoms with Gasteiger partial charge in [-0.15, -0.1) is 24.0 Å². The first kappa shape index (κ1) is 23.6. The molecule has 0 aliphatic heterocycles. The lowest BCUT2D eigenvalue weighted by Crippen LogP contribution is -2.38. The van der Waals surface area contributed by atoms with Gasteiger partial charge in [0.1, 0.15) is 0 Å². The molecule has 0 unspecified atom stereocenters. The molecule has 0 spiro atoms. The molecule has 0 saturated heterocycles. The molecule has 144 valence electrons. The van der Waals surface area contributed by atoms with Crippen LogP contribution in [-0.2, 0) is 11.3 Å². The number of aliphatic imine (C=N–C) groups is 1. The molecule has 0 bridgehead atoms. The summed E-state index contributed by atoms with van der Waals surface area (Å²) in [4.78, 5) is 4.60. The summed E-state index contributed by atoms with van der Waals surface area (Å²) < 4.78 is 21.2. The second-order valence-corrected chi connectivity index (χ2v) is 4.96. The van der Waals surface area contributed by atoms with E-state index >= 15 is 0 Å². The molecule has 0 aliphatic rings. The van der Waals surface area contributed by atoms with Gasteiger partial charge in [0.15, 0.2) is 17.5 Å². The number of methoxy groups -OCH3 is 4. The summed E-state index contributed by atoms with van der Waals surface area (Å²) in [7, 11) is 6.50. The molecule has 0 aromatic heterocycles. The van der Waals surface area contributed by atoms with Gasteiger partial charge in [0.2, 0.25) is 5.75 Å². The lowest BCUT2D eigenvalue weighted by Gasteiger charge is -2.15. The first-order chi connectivity index (χ1) is 11.7. The molecule has 0 fully saturated rings. The highest BCUT2D eigenvalue weighted by molar-refractivity contribution is 14.0. The van der Waals surface area contributed by atoms with E-state index < -0.39 is 0 Å². The molecular weight excluding hydrogens is 437 g/mol. The summed E-state index contributed by atoms with van der Waals surface area (Å²) in [6.07, 6.45) is 0.917. The number of halogens is 1. The maximum atomic E-state index is 5.48. The topological polar surface area (TPSA) is 73.3 Å². The summed E-state index contributed by atoms with van der Waals surface area (Å²) in [5, 5.41) is 6.50. The first-order valence-corrected chi connectivity index (χ1v) is 8.00. The van der Waals surface area contributed by atoms with Gasteiger partial charge in [0.25, 0.3) is 0 Å². The van der Waals surface area contributed by atoms with Gasteiger partial charge in [-0.3, -0.25) is 0 Å². The standard InChI is InChI=1S/C17H29N3O4.HI/c1-6-18-17(19-10-7-11-21-2)20-12-13-8-9-14(22-3)16(24-5)15(13)23-4;/h8-9H,6-7,10-12H2,1-5H3,(H2,18,19,20);1H. The Morgan fingerprint density at radius 2 is 1.72 bits per heavy atom. The zero-order chi connectivity index (χ0) is 17.8. The first-order valence-electron chi connectivity index (χ1n) is 8.00. The number of rotatable bonds is 10. The Bertz CT molecular complexity index is 527. The maximum absolute atomic E-state index is 5.48. The highest BCUT2D eigenvalue weighted by Crippen LogP contribution is 2.39. The molecule has 25 heavy (non-hydrogen) atoms. The molecule has 0 amide bonds. The van der Waals surface area contributed by atoms with Crippen molar-refractivity contribution in [2.45, 2.75) is 19.9 Å². The number of benzene rings is 1. The van der Waals surface area contributed by atoms with Gasteiger partial charge < -0.3 is 29.6 Å². The second kappa shape index (κ2) is 13.8. The quantitative estimate of drug-likeness (QED) is 0.238. The minimum Gasteiger partial charge on any atom is -0.493 e. The molecule has 0 heterocycles. The van der Waals surface area contributed by atoms with Crippen molar-refractivity contribution in [3.8, 4) is 17.2 Å². The summed E-state index contributed by atoms with van der Waals surface area (Å²) in [6, 6.07) is 3.78. The third kappa shape index (κ3) is 7.55. The SMILES string of the molecule is CCNC(=NCc1ccc(OC)c(OC)c1OC)NCCCOC.I. The number of guanidine groups is 1. The van der Waals surface area contributed by atoms with Gasteiger partial charge in [-0.05, 0) is 25.5 Å². The molecule has 0 saturated carbocycles. The number of hydrogen-bond donors (Lipinski definition) is 2. The van der Waals surface area contributed by atoms with Crippen molar-refractivity contribution in [1.82, 2.24) is 10.6 Å². The van der Waals surface area contributed by atoms with Crippen LogP contribution in [0.2, 0.25) is 0 Å². The normalized spacial score (nSPS) is 10.7. The Morgan fingerprint density at radius 3 is 2.28 bits per heavy atom. The fourth-order valence-corrected chi connectivity index (χ4v) is 2.22. The van der Waals surface area contributed by atoms with Crippen LogP contribution in [-0.4, -0.2) is 54.1 Å². The number of nitrogens with one attached hydrogen (secondary N) is 2. The van der Waals surface area contributed by atoms with Crippen LogP contribution >= 0.6 is 24.0 Å². The predicted molar refractivity (Wildman–Crippen MR) is 111 cm³/mol. The van der Waals surface area contributed by atoms with Crippen molar-refractivity contribution < 1.29 is 18.9 Å². The molecule has 1 aromatic carbocycles. The van der Waals surface area contributed by atoms with E-state index in [1.54, 1.807) is 28.4 Å². The van der Waals surface area contributed by atoms with Gasteiger partial charge in [-0.1, -0.05) is 0 Å². The van der Waals surface area contributed by atoms with Crippen LogP contribution in [0.15, 0.2) is 17.1 Å².